The zero-order chi connectivity index (χ0) is 35.5. The number of aliphatic hydroxyl groups is 1. The van der Waals surface area contributed by atoms with Crippen molar-refractivity contribution in [3.8, 4) is 10.4 Å². The first-order valence-electron chi connectivity index (χ1n) is 18.1. The lowest BCUT2D eigenvalue weighted by Crippen LogP contribution is -2.61. The molecule has 0 unspecified atom stereocenters. The minimum absolute atomic E-state index is 0.0269. The van der Waals surface area contributed by atoms with Crippen molar-refractivity contribution < 1.29 is 28.6 Å². The molecule has 3 amide bonds. The first-order chi connectivity index (χ1) is 23.9. The molecule has 274 valence electrons. The molecule has 2 aliphatic carbocycles. The maximum atomic E-state index is 15.0. The number of ether oxygens (including phenoxy) is 1. The number of aryl methyl sites for hydroxylation is 1. The van der Waals surface area contributed by atoms with Crippen LogP contribution < -0.4 is 10.6 Å². The summed E-state index contributed by atoms with van der Waals surface area (Å²) in [5, 5.41) is 16.4. The van der Waals surface area contributed by atoms with Gasteiger partial charge in [0.25, 0.3) is 5.91 Å². The van der Waals surface area contributed by atoms with Crippen molar-refractivity contribution in [2.24, 2.45) is 11.8 Å². The van der Waals surface area contributed by atoms with Crippen molar-refractivity contribution in [2.75, 3.05) is 45.1 Å². The van der Waals surface area contributed by atoms with Gasteiger partial charge in [0.1, 0.15) is 12.1 Å². The second kappa shape index (κ2) is 16.0. The van der Waals surface area contributed by atoms with Gasteiger partial charge >= 0.3 is 0 Å². The number of alkyl halides is 1. The number of halogens is 1. The normalized spacial score (nSPS) is 26.0. The molecule has 4 fully saturated rings. The van der Waals surface area contributed by atoms with Crippen LogP contribution in [0.3, 0.4) is 0 Å². The summed E-state index contributed by atoms with van der Waals surface area (Å²) in [4.78, 5) is 50.2. The van der Waals surface area contributed by atoms with Gasteiger partial charge < -0.3 is 25.4 Å². The molecule has 0 spiro atoms. The van der Waals surface area contributed by atoms with Crippen molar-refractivity contribution in [1.82, 2.24) is 25.4 Å². The fourth-order valence-corrected chi connectivity index (χ4v) is 9.54. The van der Waals surface area contributed by atoms with E-state index in [1.807, 2.05) is 50.5 Å². The Kier molecular flexibility index (Phi) is 11.9. The SMILES string of the molecule is Cc1ncsc1-c1ccc(CNC(=O)[C@@H]2C[C@@H](O)CN2C(=O)[C@@H](NC(=O)C2(F)CC2)C(C)(C)SCC2CCC(CN3CCOCC3)CC2)cc1. The average molecular weight is 730 g/mol. The van der Waals surface area contributed by atoms with E-state index in [1.54, 1.807) is 23.1 Å². The average Bonchev–Trinajstić information content (AvgIpc) is 3.52. The van der Waals surface area contributed by atoms with Crippen LogP contribution in [0.25, 0.3) is 10.4 Å². The lowest BCUT2D eigenvalue weighted by molar-refractivity contribution is -0.143. The van der Waals surface area contributed by atoms with E-state index in [0.29, 0.717) is 11.8 Å². The van der Waals surface area contributed by atoms with Crippen molar-refractivity contribution in [2.45, 2.75) is 101 Å². The maximum Gasteiger partial charge on any atom is 0.258 e. The summed E-state index contributed by atoms with van der Waals surface area (Å²) in [5.41, 5.74) is 2.79. The molecule has 3 N–H and O–H groups in total. The Morgan fingerprint density at radius 3 is 2.44 bits per heavy atom. The number of morpholine rings is 1. The molecule has 0 bridgehead atoms. The molecule has 2 aliphatic heterocycles. The highest BCUT2D eigenvalue weighted by Gasteiger charge is 2.54. The van der Waals surface area contributed by atoms with E-state index < -0.39 is 40.4 Å². The lowest BCUT2D eigenvalue weighted by Gasteiger charge is -2.39. The minimum Gasteiger partial charge on any atom is -0.391 e. The van der Waals surface area contributed by atoms with Gasteiger partial charge in [0.2, 0.25) is 11.8 Å². The molecular weight excluding hydrogens is 678 g/mol. The summed E-state index contributed by atoms with van der Waals surface area (Å²) in [6.45, 7) is 10.8. The molecule has 1 aromatic heterocycles. The smallest absolute Gasteiger partial charge is 0.258 e. The Hall–Kier alpha value is -2.58. The number of amides is 3. The maximum absolute atomic E-state index is 15.0. The highest BCUT2D eigenvalue weighted by Crippen LogP contribution is 2.42. The molecule has 2 saturated carbocycles. The zero-order valence-corrected chi connectivity index (χ0v) is 31.1. The third-order valence-electron chi connectivity index (χ3n) is 10.9. The Morgan fingerprint density at radius 2 is 1.80 bits per heavy atom. The number of aromatic nitrogens is 1. The first kappa shape index (κ1) is 37.2. The molecule has 3 atom stereocenters. The standard InChI is InChI=1S/C37H52FN5O5S2/c1-24-31(49-23-40-24)28-10-8-25(9-11-28)19-39-33(45)30-18-29(44)21-43(30)34(46)32(41-35(47)37(38)12-13-37)36(2,3)50-22-27-6-4-26(5-7-27)20-42-14-16-48-17-15-42/h8-11,23,26-27,29-30,32,44H,4-7,12-22H2,1-3H3,(H,39,45)(H,41,47)/t26?,27?,29-,30+,32-/m1/s1. The molecule has 6 rings (SSSR count). The Bertz CT molecular complexity index is 1490. The molecule has 50 heavy (non-hydrogen) atoms. The van der Waals surface area contributed by atoms with Gasteiger partial charge in [-0.1, -0.05) is 24.3 Å². The number of aliphatic hydroxyl groups excluding tert-OH is 1. The van der Waals surface area contributed by atoms with Crippen LogP contribution in [0, 0.1) is 18.8 Å². The molecule has 1 aromatic carbocycles. The van der Waals surface area contributed by atoms with Crippen LogP contribution in [-0.4, -0.2) is 111 Å². The molecule has 2 aromatic rings. The summed E-state index contributed by atoms with van der Waals surface area (Å²) >= 11 is 3.21. The zero-order valence-electron chi connectivity index (χ0n) is 29.5. The third kappa shape index (κ3) is 9.07. The fraction of sp³-hybridized carbons (Fsp3) is 0.676. The van der Waals surface area contributed by atoms with Crippen LogP contribution in [0.15, 0.2) is 29.8 Å². The highest BCUT2D eigenvalue weighted by molar-refractivity contribution is 8.00. The van der Waals surface area contributed by atoms with Crippen LogP contribution in [0.1, 0.15) is 70.1 Å². The molecule has 3 heterocycles. The molecule has 0 radical (unpaired) electrons. The molecule has 10 nitrogen and oxygen atoms in total. The molecular formula is C37H52FN5O5S2. The number of thioether (sulfide) groups is 1. The van der Waals surface area contributed by atoms with Crippen LogP contribution >= 0.6 is 23.1 Å². The number of benzene rings is 1. The summed E-state index contributed by atoms with van der Waals surface area (Å²) in [7, 11) is 0. The number of hydrogen-bond acceptors (Lipinski definition) is 9. The summed E-state index contributed by atoms with van der Waals surface area (Å²) in [6, 6.07) is 5.94. The number of carbonyl (C=O) groups excluding carboxylic acids is 3. The quantitative estimate of drug-likeness (QED) is 0.279. The van der Waals surface area contributed by atoms with Crippen molar-refractivity contribution in [1.29, 1.82) is 0 Å². The number of carbonyl (C=O) groups is 3. The number of thiazole rings is 1. The second-order valence-corrected chi connectivity index (χ2v) is 17.7. The van der Waals surface area contributed by atoms with Gasteiger partial charge in [0.05, 0.1) is 35.4 Å². The van der Waals surface area contributed by atoms with E-state index in [1.165, 1.54) is 17.7 Å². The predicted octanol–water partition coefficient (Wildman–Crippen LogP) is 4.33. The Balaban J connectivity index is 1.07. The number of β-amino-alcohol motifs (C(OH)–C–C–N with tert-alkyl or cyclic N) is 1. The predicted molar refractivity (Wildman–Crippen MR) is 195 cm³/mol. The fourth-order valence-electron chi connectivity index (χ4n) is 7.41. The number of nitrogens with one attached hydrogen (secondary N) is 2. The number of rotatable bonds is 13. The van der Waals surface area contributed by atoms with Crippen LogP contribution in [0.5, 0.6) is 0 Å². The highest BCUT2D eigenvalue weighted by atomic mass is 32.2. The van der Waals surface area contributed by atoms with Gasteiger partial charge in [0, 0.05) is 43.9 Å². The summed E-state index contributed by atoms with van der Waals surface area (Å²) < 4.78 is 19.7. The minimum atomic E-state index is -1.95. The van der Waals surface area contributed by atoms with Gasteiger partial charge in [-0.2, -0.15) is 11.8 Å². The molecule has 13 heteroatoms. The van der Waals surface area contributed by atoms with Crippen molar-refractivity contribution >= 4 is 40.8 Å². The van der Waals surface area contributed by atoms with Crippen LogP contribution in [0.2, 0.25) is 0 Å². The van der Waals surface area contributed by atoms with Gasteiger partial charge in [-0.25, -0.2) is 9.37 Å². The number of hydrogen-bond donors (Lipinski definition) is 3. The molecule has 4 aliphatic rings. The van der Waals surface area contributed by atoms with E-state index in [0.717, 1.165) is 73.1 Å². The van der Waals surface area contributed by atoms with Crippen LogP contribution in [0.4, 0.5) is 4.39 Å². The van der Waals surface area contributed by atoms with Crippen LogP contribution in [-0.2, 0) is 25.7 Å². The van der Waals surface area contributed by atoms with E-state index >= 15 is 0 Å². The largest absolute Gasteiger partial charge is 0.391 e. The monoisotopic (exact) mass is 729 g/mol. The van der Waals surface area contributed by atoms with Gasteiger partial charge in [-0.05, 0) is 88.0 Å². The lowest BCUT2D eigenvalue weighted by atomic mass is 9.82. The first-order valence-corrected chi connectivity index (χ1v) is 20.0. The Morgan fingerprint density at radius 1 is 1.12 bits per heavy atom. The Labute approximate surface area is 303 Å². The molecule has 2 saturated heterocycles. The van der Waals surface area contributed by atoms with Gasteiger partial charge in [-0.3, -0.25) is 19.3 Å². The number of likely N-dealkylation sites (tertiary alicyclic amines) is 1. The van der Waals surface area contributed by atoms with Crippen molar-refractivity contribution in [3.05, 3.63) is 41.0 Å². The topological polar surface area (TPSA) is 124 Å². The number of nitrogens with zero attached hydrogens (tertiary/aromatic N) is 3. The van der Waals surface area contributed by atoms with Crippen molar-refractivity contribution in [3.63, 3.8) is 0 Å². The van der Waals surface area contributed by atoms with Gasteiger partial charge in [-0.15, -0.1) is 11.3 Å². The third-order valence-corrected chi connectivity index (χ3v) is 13.5. The second-order valence-electron chi connectivity index (χ2n) is 15.2. The van der Waals surface area contributed by atoms with E-state index in [2.05, 4.69) is 20.5 Å². The summed E-state index contributed by atoms with van der Waals surface area (Å²) in [6.07, 6.45) is 4.06. The van der Waals surface area contributed by atoms with E-state index in [-0.39, 0.29) is 38.3 Å². The van der Waals surface area contributed by atoms with Gasteiger partial charge in [0.15, 0.2) is 5.67 Å². The van der Waals surface area contributed by atoms with E-state index in [4.69, 9.17) is 4.74 Å². The summed E-state index contributed by atoms with van der Waals surface area (Å²) in [5.74, 6) is 0.403. The van der Waals surface area contributed by atoms with E-state index in [9.17, 15) is 23.9 Å².